The van der Waals surface area contributed by atoms with Crippen molar-refractivity contribution < 1.29 is 9.32 Å². The minimum Gasteiger partial charge on any atom is -0.361 e. The zero-order chi connectivity index (χ0) is 18.1. The summed E-state index contributed by atoms with van der Waals surface area (Å²) >= 11 is 0. The van der Waals surface area contributed by atoms with Gasteiger partial charge in [-0.05, 0) is 45.2 Å². The molecule has 4 heterocycles. The van der Waals surface area contributed by atoms with Crippen molar-refractivity contribution in [1.29, 1.82) is 0 Å². The molecule has 0 saturated carbocycles. The summed E-state index contributed by atoms with van der Waals surface area (Å²) in [7, 11) is 0. The molecule has 26 heavy (non-hydrogen) atoms. The number of fused-ring (bicyclic) bond motifs is 1. The van der Waals surface area contributed by atoms with Gasteiger partial charge in [0.1, 0.15) is 5.76 Å². The smallest absolute Gasteiger partial charge is 0.222 e. The quantitative estimate of drug-likeness (QED) is 0.780. The first kappa shape index (κ1) is 16.8. The van der Waals surface area contributed by atoms with E-state index < -0.39 is 0 Å². The molecule has 0 unspecified atom stereocenters. The van der Waals surface area contributed by atoms with Gasteiger partial charge in [0.2, 0.25) is 5.91 Å². The van der Waals surface area contributed by atoms with E-state index in [0.29, 0.717) is 18.8 Å². The summed E-state index contributed by atoms with van der Waals surface area (Å²) in [5, 5.41) is 5.11. The van der Waals surface area contributed by atoms with Crippen molar-refractivity contribution in [3.05, 3.63) is 47.2 Å². The highest BCUT2D eigenvalue weighted by Gasteiger charge is 2.25. The molecule has 1 fully saturated rings. The van der Waals surface area contributed by atoms with E-state index in [1.165, 1.54) is 5.69 Å². The first-order valence-corrected chi connectivity index (χ1v) is 9.24. The van der Waals surface area contributed by atoms with Gasteiger partial charge in [-0.1, -0.05) is 5.16 Å². The topological polar surface area (TPSA) is 75.0 Å². The summed E-state index contributed by atoms with van der Waals surface area (Å²) in [6, 6.07) is 4.20. The maximum Gasteiger partial charge on any atom is 0.222 e. The highest BCUT2D eigenvalue weighted by atomic mass is 16.5. The van der Waals surface area contributed by atoms with Crippen LogP contribution in [0.4, 0.5) is 0 Å². The first-order valence-electron chi connectivity index (χ1n) is 9.24. The molecule has 0 aliphatic carbocycles. The van der Waals surface area contributed by atoms with Crippen LogP contribution in [-0.2, 0) is 11.2 Å². The minimum absolute atomic E-state index is 0.226. The number of rotatable bonds is 4. The SMILES string of the molecule is Cc1noc(C)c1CCC(=O)N1CCC(c2cc3cnccc3[nH]2)CC1. The number of H-pyrrole nitrogens is 1. The molecule has 0 spiro atoms. The van der Waals surface area contributed by atoms with Gasteiger partial charge >= 0.3 is 0 Å². The standard InChI is InChI=1S/C20H24N4O2/c1-13-17(14(2)26-23-13)3-4-20(25)24-9-6-15(7-10-24)19-11-16-12-21-8-5-18(16)22-19/h5,8,11-12,15,22H,3-4,6-7,9-10H2,1-2H3. The fourth-order valence-corrected chi connectivity index (χ4v) is 3.90. The van der Waals surface area contributed by atoms with Gasteiger partial charge in [-0.25, -0.2) is 0 Å². The maximum atomic E-state index is 12.6. The van der Waals surface area contributed by atoms with Gasteiger partial charge in [0.05, 0.1) is 5.69 Å². The minimum atomic E-state index is 0.226. The van der Waals surface area contributed by atoms with Crippen molar-refractivity contribution in [3.8, 4) is 0 Å². The Labute approximate surface area is 152 Å². The third-order valence-corrected chi connectivity index (χ3v) is 5.50. The van der Waals surface area contributed by atoms with Crippen LogP contribution in [0.15, 0.2) is 29.0 Å². The molecule has 4 rings (SSSR count). The number of nitrogens with zero attached hydrogens (tertiary/aromatic N) is 3. The van der Waals surface area contributed by atoms with Crippen molar-refractivity contribution >= 4 is 16.8 Å². The molecule has 0 aromatic carbocycles. The number of carbonyl (C=O) groups excluding carboxylic acids is 1. The number of aromatic amines is 1. The third kappa shape index (κ3) is 3.23. The Morgan fingerprint density at radius 2 is 2.15 bits per heavy atom. The number of hydrogen-bond acceptors (Lipinski definition) is 4. The third-order valence-electron chi connectivity index (χ3n) is 5.50. The summed E-state index contributed by atoms with van der Waals surface area (Å²) in [6.45, 7) is 5.47. The normalized spacial score (nSPS) is 15.7. The molecule has 3 aromatic rings. The van der Waals surface area contributed by atoms with E-state index in [4.69, 9.17) is 4.52 Å². The van der Waals surface area contributed by atoms with Crippen LogP contribution >= 0.6 is 0 Å². The average Bonchev–Trinajstić information content (AvgIpc) is 3.23. The summed E-state index contributed by atoms with van der Waals surface area (Å²) in [5.74, 6) is 1.53. The predicted octanol–water partition coefficient (Wildman–Crippen LogP) is 3.51. The van der Waals surface area contributed by atoms with Crippen LogP contribution in [0.1, 0.15) is 47.9 Å². The van der Waals surface area contributed by atoms with E-state index in [1.807, 2.05) is 37.2 Å². The van der Waals surface area contributed by atoms with Crippen molar-refractivity contribution in [3.63, 3.8) is 0 Å². The first-order chi connectivity index (χ1) is 12.6. The number of nitrogens with one attached hydrogen (secondary N) is 1. The van der Waals surface area contributed by atoms with Gasteiger partial charge < -0.3 is 14.4 Å². The summed E-state index contributed by atoms with van der Waals surface area (Å²) in [4.78, 5) is 22.2. The van der Waals surface area contributed by atoms with Crippen molar-refractivity contribution in [2.75, 3.05) is 13.1 Å². The van der Waals surface area contributed by atoms with Crippen LogP contribution in [-0.4, -0.2) is 39.0 Å². The Hall–Kier alpha value is -2.63. The van der Waals surface area contributed by atoms with Crippen LogP contribution in [0, 0.1) is 13.8 Å². The van der Waals surface area contributed by atoms with Crippen molar-refractivity contribution in [2.45, 2.75) is 45.4 Å². The Morgan fingerprint density at radius 3 is 2.85 bits per heavy atom. The lowest BCUT2D eigenvalue weighted by atomic mass is 9.93. The molecule has 0 radical (unpaired) electrons. The second-order valence-corrected chi connectivity index (χ2v) is 7.15. The fourth-order valence-electron chi connectivity index (χ4n) is 3.90. The van der Waals surface area contributed by atoms with Crippen LogP contribution in [0.2, 0.25) is 0 Å². The molecule has 1 N–H and O–H groups in total. The highest BCUT2D eigenvalue weighted by molar-refractivity contribution is 5.79. The zero-order valence-electron chi connectivity index (χ0n) is 15.3. The van der Waals surface area contributed by atoms with Crippen molar-refractivity contribution in [2.24, 2.45) is 0 Å². The Balaban J connectivity index is 1.33. The second-order valence-electron chi connectivity index (χ2n) is 7.15. The van der Waals surface area contributed by atoms with Gasteiger partial charge in [0.25, 0.3) is 0 Å². The highest BCUT2D eigenvalue weighted by Crippen LogP contribution is 2.30. The average molecular weight is 352 g/mol. The molecule has 1 aliphatic rings. The number of aromatic nitrogens is 3. The number of aryl methyl sites for hydroxylation is 2. The summed E-state index contributed by atoms with van der Waals surface area (Å²) in [5.41, 5.74) is 4.35. The number of piperidine rings is 1. The summed E-state index contributed by atoms with van der Waals surface area (Å²) < 4.78 is 5.18. The molecule has 1 amide bonds. The number of carbonyl (C=O) groups is 1. The molecular weight excluding hydrogens is 328 g/mol. The lowest BCUT2D eigenvalue weighted by Crippen LogP contribution is -2.38. The predicted molar refractivity (Wildman–Crippen MR) is 98.9 cm³/mol. The maximum absolute atomic E-state index is 12.6. The van der Waals surface area contributed by atoms with Crippen LogP contribution < -0.4 is 0 Å². The lowest BCUT2D eigenvalue weighted by Gasteiger charge is -2.31. The molecule has 0 bridgehead atoms. The molecule has 6 heteroatoms. The van der Waals surface area contributed by atoms with E-state index in [9.17, 15) is 4.79 Å². The summed E-state index contributed by atoms with van der Waals surface area (Å²) in [6.07, 6.45) is 6.92. The van der Waals surface area contributed by atoms with Crippen molar-refractivity contribution in [1.82, 2.24) is 20.0 Å². The van der Waals surface area contributed by atoms with Gasteiger partial charge in [-0.15, -0.1) is 0 Å². The van der Waals surface area contributed by atoms with Crippen LogP contribution in [0.5, 0.6) is 0 Å². The number of likely N-dealkylation sites (tertiary alicyclic amines) is 1. The fraction of sp³-hybridized carbons (Fsp3) is 0.450. The Morgan fingerprint density at radius 1 is 1.35 bits per heavy atom. The number of pyridine rings is 1. The Bertz CT molecular complexity index is 866. The van der Waals surface area contributed by atoms with Gasteiger partial charge in [0, 0.05) is 60.0 Å². The largest absolute Gasteiger partial charge is 0.361 e. The Kier molecular flexibility index (Phi) is 4.49. The van der Waals surface area contributed by atoms with E-state index in [1.54, 1.807) is 0 Å². The second kappa shape index (κ2) is 6.94. The van der Waals surface area contributed by atoms with E-state index in [-0.39, 0.29) is 5.91 Å². The van der Waals surface area contributed by atoms with E-state index >= 15 is 0 Å². The van der Waals surface area contributed by atoms with E-state index in [0.717, 1.165) is 53.9 Å². The van der Waals surface area contributed by atoms with Gasteiger partial charge in [0.15, 0.2) is 0 Å². The number of amides is 1. The van der Waals surface area contributed by atoms with Gasteiger partial charge in [-0.3, -0.25) is 9.78 Å². The van der Waals surface area contributed by atoms with E-state index in [2.05, 4.69) is 21.2 Å². The van der Waals surface area contributed by atoms with Crippen LogP contribution in [0.3, 0.4) is 0 Å². The number of hydrogen-bond donors (Lipinski definition) is 1. The molecular formula is C20H24N4O2. The lowest BCUT2D eigenvalue weighted by molar-refractivity contribution is -0.132. The zero-order valence-corrected chi connectivity index (χ0v) is 15.3. The molecule has 1 saturated heterocycles. The molecule has 0 atom stereocenters. The molecule has 6 nitrogen and oxygen atoms in total. The molecule has 3 aromatic heterocycles. The molecule has 1 aliphatic heterocycles. The monoisotopic (exact) mass is 352 g/mol. The van der Waals surface area contributed by atoms with Gasteiger partial charge in [-0.2, -0.15) is 0 Å². The molecule has 136 valence electrons. The van der Waals surface area contributed by atoms with Crippen LogP contribution in [0.25, 0.3) is 10.9 Å².